The van der Waals surface area contributed by atoms with Crippen molar-refractivity contribution in [1.29, 1.82) is 0 Å². The Morgan fingerprint density at radius 3 is 1.00 bits per heavy atom. The van der Waals surface area contributed by atoms with Crippen LogP contribution in [0, 0.1) is 0 Å². The van der Waals surface area contributed by atoms with Crippen LogP contribution < -0.4 is 0 Å². The molecule has 13 heteroatoms. The number of hydrogen-bond donors (Lipinski definition) is 4. The Kier molecular flexibility index (Phi) is 11.7. The molecule has 0 aliphatic carbocycles. The van der Waals surface area contributed by atoms with Gasteiger partial charge in [-0.05, 0) is 0 Å². The lowest BCUT2D eigenvalue weighted by Crippen LogP contribution is -2.12. The van der Waals surface area contributed by atoms with E-state index >= 15 is 0 Å². The molecule has 0 aromatic carbocycles. The molecule has 128 valence electrons. The molecule has 4 N–H and O–H groups in total. The highest BCUT2D eigenvalue weighted by Gasteiger charge is 2.13. The summed E-state index contributed by atoms with van der Waals surface area (Å²) < 4.78 is 43.9. The Morgan fingerprint density at radius 1 is 0.524 bits per heavy atom. The maximum atomic E-state index is 10.3. The van der Waals surface area contributed by atoms with Crippen molar-refractivity contribution >= 4 is 15.6 Å². The molecular weight excluding hydrogens is 334 g/mol. The van der Waals surface area contributed by atoms with Gasteiger partial charge in [-0.2, -0.15) is 0 Å². The van der Waals surface area contributed by atoms with Crippen molar-refractivity contribution in [2.45, 2.75) is 0 Å². The van der Waals surface area contributed by atoms with Crippen molar-refractivity contribution in [2.75, 3.05) is 52.9 Å². The van der Waals surface area contributed by atoms with Gasteiger partial charge >= 0.3 is 15.6 Å². The summed E-state index contributed by atoms with van der Waals surface area (Å²) in [7, 11) is -8.89. The van der Waals surface area contributed by atoms with Crippen molar-refractivity contribution in [2.24, 2.45) is 0 Å². The van der Waals surface area contributed by atoms with Gasteiger partial charge in [0.2, 0.25) is 0 Å². The van der Waals surface area contributed by atoms with Crippen molar-refractivity contribution < 1.29 is 52.0 Å². The highest BCUT2D eigenvalue weighted by atomic mass is 31.2. The smallest absolute Gasteiger partial charge is 0.377 e. The van der Waals surface area contributed by atoms with Crippen molar-refractivity contribution in [3.8, 4) is 0 Å². The lowest BCUT2D eigenvalue weighted by atomic mass is 10.7. The topological polar surface area (TPSA) is 161 Å². The van der Waals surface area contributed by atoms with E-state index in [9.17, 15) is 9.13 Å². The van der Waals surface area contributed by atoms with E-state index < -0.39 is 15.6 Å². The fourth-order valence-electron chi connectivity index (χ4n) is 0.972. The van der Waals surface area contributed by atoms with E-state index in [1.807, 2.05) is 0 Å². The summed E-state index contributed by atoms with van der Waals surface area (Å²) >= 11 is 0. The van der Waals surface area contributed by atoms with E-state index in [2.05, 4.69) is 9.05 Å². The zero-order valence-corrected chi connectivity index (χ0v) is 13.0. The molecule has 0 aromatic heterocycles. The minimum atomic E-state index is -4.44. The zero-order valence-electron chi connectivity index (χ0n) is 11.2. The molecule has 0 fully saturated rings. The first kappa shape index (κ1) is 21.1. The molecule has 0 rings (SSSR count). The number of phosphoric ester groups is 2. The second-order valence-corrected chi connectivity index (χ2v) is 5.96. The summed E-state index contributed by atoms with van der Waals surface area (Å²) in [4.78, 5) is 33.5. The molecule has 11 nitrogen and oxygen atoms in total. The summed E-state index contributed by atoms with van der Waals surface area (Å²) in [5.74, 6) is 0. The van der Waals surface area contributed by atoms with Crippen LogP contribution in [-0.4, -0.2) is 72.4 Å². The van der Waals surface area contributed by atoms with E-state index in [1.54, 1.807) is 0 Å². The van der Waals surface area contributed by atoms with Gasteiger partial charge in [0.05, 0.1) is 52.9 Å². The van der Waals surface area contributed by atoms with Gasteiger partial charge in [-0.3, -0.25) is 9.05 Å². The van der Waals surface area contributed by atoms with Gasteiger partial charge in [-0.15, -0.1) is 0 Å². The Labute approximate surface area is 121 Å². The predicted molar refractivity (Wildman–Crippen MR) is 68.4 cm³/mol. The molecule has 0 unspecified atom stereocenters. The zero-order chi connectivity index (χ0) is 16.2. The van der Waals surface area contributed by atoms with E-state index in [4.69, 9.17) is 33.8 Å². The molecule has 0 amide bonds. The fourth-order valence-corrected chi connectivity index (χ4v) is 1.60. The third-order valence-electron chi connectivity index (χ3n) is 1.72. The van der Waals surface area contributed by atoms with Gasteiger partial charge in [0, 0.05) is 0 Å². The average molecular weight is 354 g/mol. The Bertz CT molecular complexity index is 305. The Morgan fingerprint density at radius 2 is 0.762 bits per heavy atom. The highest BCUT2D eigenvalue weighted by Crippen LogP contribution is 2.35. The molecule has 0 aliphatic rings. The molecule has 0 radical (unpaired) electrons. The summed E-state index contributed by atoms with van der Waals surface area (Å²) in [6.07, 6.45) is 0. The van der Waals surface area contributed by atoms with Crippen LogP contribution in [-0.2, 0) is 32.4 Å². The van der Waals surface area contributed by atoms with Crippen molar-refractivity contribution in [3.63, 3.8) is 0 Å². The number of phosphoric acid groups is 2. The summed E-state index contributed by atoms with van der Waals surface area (Å²) in [5.41, 5.74) is 0. The number of ether oxygens (including phenoxy) is 3. The molecule has 0 saturated carbocycles. The first-order chi connectivity index (χ1) is 9.71. The molecule has 0 atom stereocenters. The summed E-state index contributed by atoms with van der Waals surface area (Å²) in [6, 6.07) is 0. The van der Waals surface area contributed by atoms with Gasteiger partial charge < -0.3 is 33.8 Å². The number of hydrogen-bond acceptors (Lipinski definition) is 7. The molecule has 0 saturated heterocycles. The van der Waals surface area contributed by atoms with Gasteiger partial charge in [0.15, 0.2) is 0 Å². The van der Waals surface area contributed by atoms with Gasteiger partial charge in [0.1, 0.15) is 0 Å². The minimum Gasteiger partial charge on any atom is -0.377 e. The van der Waals surface area contributed by atoms with Crippen LogP contribution in [0.5, 0.6) is 0 Å². The molecule has 0 heterocycles. The summed E-state index contributed by atoms with van der Waals surface area (Å²) in [5, 5.41) is 0. The molecule has 0 spiro atoms. The lowest BCUT2D eigenvalue weighted by Gasteiger charge is -2.08. The summed E-state index contributed by atoms with van der Waals surface area (Å²) in [6.45, 7) is 0.615. The SMILES string of the molecule is O=P(O)(O)OCCOCCOCCOCCOP(=O)(O)O. The minimum absolute atomic E-state index is 0.0324. The standard InChI is InChI=1S/C8H20O11P2/c9-20(10,11)18-7-5-16-3-1-15-2-4-17-6-8-19-21(12,13)14/h1-8H2,(H2,9,10,11)(H2,12,13,14). The third-order valence-corrected chi connectivity index (χ3v) is 2.76. The molecule has 21 heavy (non-hydrogen) atoms. The molecule has 0 aromatic rings. The second kappa shape index (κ2) is 11.6. The third kappa shape index (κ3) is 20.1. The van der Waals surface area contributed by atoms with Gasteiger partial charge in [-0.1, -0.05) is 0 Å². The van der Waals surface area contributed by atoms with E-state index in [1.165, 1.54) is 0 Å². The van der Waals surface area contributed by atoms with Crippen LogP contribution >= 0.6 is 15.6 Å². The van der Waals surface area contributed by atoms with E-state index in [0.717, 1.165) is 0 Å². The molecule has 0 bridgehead atoms. The first-order valence-electron chi connectivity index (χ1n) is 5.84. The van der Waals surface area contributed by atoms with Crippen LogP contribution in [0.1, 0.15) is 0 Å². The normalized spacial score (nSPS) is 12.8. The first-order valence-corrected chi connectivity index (χ1v) is 8.90. The van der Waals surface area contributed by atoms with Crippen LogP contribution in [0.3, 0.4) is 0 Å². The Hall–Kier alpha value is 0.1000. The molecule has 0 aliphatic heterocycles. The average Bonchev–Trinajstić information content (AvgIpc) is 2.32. The van der Waals surface area contributed by atoms with E-state index in [-0.39, 0.29) is 52.9 Å². The maximum Gasteiger partial charge on any atom is 0.469 e. The van der Waals surface area contributed by atoms with Crippen molar-refractivity contribution in [3.05, 3.63) is 0 Å². The lowest BCUT2D eigenvalue weighted by molar-refractivity contribution is 0.00216. The highest BCUT2D eigenvalue weighted by molar-refractivity contribution is 7.46. The predicted octanol–water partition coefficient (Wildman–Crippen LogP) is -0.745. The quantitative estimate of drug-likeness (QED) is 0.229. The van der Waals surface area contributed by atoms with Crippen LogP contribution in [0.4, 0.5) is 0 Å². The second-order valence-electron chi connectivity index (χ2n) is 3.48. The monoisotopic (exact) mass is 354 g/mol. The van der Waals surface area contributed by atoms with Crippen molar-refractivity contribution in [1.82, 2.24) is 0 Å². The molecular formula is C8H20O11P2. The Balaban J connectivity index is 3.13. The van der Waals surface area contributed by atoms with Gasteiger partial charge in [0.25, 0.3) is 0 Å². The number of rotatable bonds is 14. The van der Waals surface area contributed by atoms with Gasteiger partial charge in [-0.25, -0.2) is 9.13 Å². The van der Waals surface area contributed by atoms with Crippen LogP contribution in [0.15, 0.2) is 0 Å². The van der Waals surface area contributed by atoms with Crippen LogP contribution in [0.25, 0.3) is 0 Å². The van der Waals surface area contributed by atoms with Crippen LogP contribution in [0.2, 0.25) is 0 Å². The largest absolute Gasteiger partial charge is 0.469 e. The maximum absolute atomic E-state index is 10.3. The fraction of sp³-hybridized carbons (Fsp3) is 1.00. The van der Waals surface area contributed by atoms with E-state index in [0.29, 0.717) is 0 Å².